The van der Waals surface area contributed by atoms with E-state index in [0.29, 0.717) is 12.8 Å². The predicted octanol–water partition coefficient (Wildman–Crippen LogP) is 1.62. The molecule has 0 amide bonds. The summed E-state index contributed by atoms with van der Waals surface area (Å²) in [6, 6.07) is 0. The highest BCUT2D eigenvalue weighted by atomic mass is 32.3. The second-order valence-corrected chi connectivity index (χ2v) is 5.34. The van der Waals surface area contributed by atoms with Crippen LogP contribution in [0.3, 0.4) is 0 Å². The molecule has 0 aliphatic heterocycles. The maximum absolute atomic E-state index is 12.7. The lowest BCUT2D eigenvalue weighted by Crippen LogP contribution is -2.24. The van der Waals surface area contributed by atoms with Crippen LogP contribution in [0.2, 0.25) is 0 Å². The van der Waals surface area contributed by atoms with E-state index >= 15 is 0 Å². The molecule has 2 rings (SSSR count). The molecule has 2 fully saturated rings. The lowest BCUT2D eigenvalue weighted by atomic mass is 10.0. The van der Waals surface area contributed by atoms with E-state index in [1.165, 1.54) is 0 Å². The minimum Gasteiger partial charge on any atom is -0.194 e. The fourth-order valence-corrected chi connectivity index (χ4v) is 3.57. The van der Waals surface area contributed by atoms with Crippen molar-refractivity contribution in [2.24, 2.45) is 5.92 Å². The van der Waals surface area contributed by atoms with Gasteiger partial charge in [-0.1, -0.05) is 12.8 Å². The Labute approximate surface area is 66.0 Å². The minimum absolute atomic E-state index is 0.145. The number of hydrogen-bond donors (Lipinski definition) is 0. The molecule has 2 saturated carbocycles. The molecule has 0 spiro atoms. The maximum atomic E-state index is 12.7. The monoisotopic (exact) mass is 178 g/mol. The average molecular weight is 178 g/mol. The van der Waals surface area contributed by atoms with Gasteiger partial charge in [0.1, 0.15) is 4.75 Å². The Kier molecular flexibility index (Phi) is 1.35. The molecule has 2 unspecified atom stereocenters. The summed E-state index contributed by atoms with van der Waals surface area (Å²) >= 11 is 0. The minimum atomic E-state index is -4.25. The predicted molar refractivity (Wildman–Crippen MR) is 39.3 cm³/mol. The van der Waals surface area contributed by atoms with E-state index in [1.54, 1.807) is 0 Å². The zero-order valence-corrected chi connectivity index (χ0v) is 7.03. The molecular weight excluding hydrogens is 167 g/mol. The van der Waals surface area contributed by atoms with Gasteiger partial charge in [0.2, 0.25) is 0 Å². The Hall–Kier alpha value is -0.120. The first-order chi connectivity index (χ1) is 5.06. The summed E-state index contributed by atoms with van der Waals surface area (Å²) in [6.07, 6.45) is 3.98. The molecule has 0 aromatic rings. The van der Waals surface area contributed by atoms with Crippen molar-refractivity contribution < 1.29 is 12.3 Å². The van der Waals surface area contributed by atoms with Crippen molar-refractivity contribution in [2.75, 3.05) is 0 Å². The van der Waals surface area contributed by atoms with Crippen LogP contribution in [0.5, 0.6) is 0 Å². The highest BCUT2D eigenvalue weighted by Gasteiger charge is 2.64. The Morgan fingerprint density at radius 1 is 1.36 bits per heavy atom. The molecule has 2 aliphatic rings. The second kappa shape index (κ2) is 1.97. The third-order valence-corrected chi connectivity index (χ3v) is 4.74. The smallest absolute Gasteiger partial charge is 0.194 e. The molecule has 2 nitrogen and oxygen atoms in total. The SMILES string of the molecule is O=S(=O)(F)C12CCCCC1C2. The van der Waals surface area contributed by atoms with Crippen molar-refractivity contribution in [3.63, 3.8) is 0 Å². The molecule has 4 heteroatoms. The van der Waals surface area contributed by atoms with Gasteiger partial charge in [-0.15, -0.1) is 3.89 Å². The zero-order valence-electron chi connectivity index (χ0n) is 6.22. The summed E-state index contributed by atoms with van der Waals surface area (Å²) in [5.41, 5.74) is 0. The molecule has 0 aromatic carbocycles. The maximum Gasteiger partial charge on any atom is 0.308 e. The van der Waals surface area contributed by atoms with Crippen molar-refractivity contribution in [3.8, 4) is 0 Å². The highest BCUT2D eigenvalue weighted by Crippen LogP contribution is 2.59. The van der Waals surface area contributed by atoms with Crippen LogP contribution in [0.1, 0.15) is 32.1 Å². The van der Waals surface area contributed by atoms with Crippen LogP contribution >= 0.6 is 0 Å². The highest BCUT2D eigenvalue weighted by molar-refractivity contribution is 7.88. The standard InChI is InChI=1S/C7H11FO2S/c8-11(9,10)7-4-2-1-3-6(7)5-7/h6H,1-5H2. The molecule has 2 aliphatic carbocycles. The Balaban J connectivity index is 2.27. The van der Waals surface area contributed by atoms with Gasteiger partial charge in [-0.05, 0) is 25.2 Å². The number of halogens is 1. The van der Waals surface area contributed by atoms with E-state index in [4.69, 9.17) is 0 Å². The Morgan fingerprint density at radius 2 is 2.09 bits per heavy atom. The van der Waals surface area contributed by atoms with Gasteiger partial charge in [-0.3, -0.25) is 0 Å². The summed E-state index contributed by atoms with van der Waals surface area (Å²) in [4.78, 5) is 0. The molecule has 11 heavy (non-hydrogen) atoms. The molecule has 2 atom stereocenters. The number of hydrogen-bond acceptors (Lipinski definition) is 2. The van der Waals surface area contributed by atoms with Crippen LogP contribution in [0.25, 0.3) is 0 Å². The summed E-state index contributed by atoms with van der Waals surface area (Å²) in [5.74, 6) is 0.145. The van der Waals surface area contributed by atoms with Crippen molar-refractivity contribution in [2.45, 2.75) is 36.9 Å². The lowest BCUT2D eigenvalue weighted by Gasteiger charge is -2.16. The molecule has 0 saturated heterocycles. The van der Waals surface area contributed by atoms with Crippen LogP contribution in [-0.4, -0.2) is 13.2 Å². The van der Waals surface area contributed by atoms with Gasteiger partial charge < -0.3 is 0 Å². The van der Waals surface area contributed by atoms with Crippen molar-refractivity contribution in [3.05, 3.63) is 0 Å². The fourth-order valence-electron chi connectivity index (χ4n) is 2.26. The average Bonchev–Trinajstić information content (AvgIpc) is 2.59. The number of fused-ring (bicyclic) bond motifs is 1. The summed E-state index contributed by atoms with van der Waals surface area (Å²) in [7, 11) is -4.25. The first-order valence-corrected chi connectivity index (χ1v) is 5.39. The molecular formula is C7H11FO2S. The van der Waals surface area contributed by atoms with Crippen LogP contribution in [0.15, 0.2) is 0 Å². The summed E-state index contributed by atoms with van der Waals surface area (Å²) in [6.45, 7) is 0. The molecule has 0 bridgehead atoms. The molecule has 0 heterocycles. The van der Waals surface area contributed by atoms with Gasteiger partial charge in [0.25, 0.3) is 0 Å². The fraction of sp³-hybridized carbons (Fsp3) is 1.00. The summed E-state index contributed by atoms with van der Waals surface area (Å²) < 4.78 is 33.1. The molecule has 0 N–H and O–H groups in total. The lowest BCUT2D eigenvalue weighted by molar-refractivity contribution is 0.454. The van der Waals surface area contributed by atoms with Gasteiger partial charge in [0.05, 0.1) is 0 Å². The Morgan fingerprint density at radius 3 is 2.55 bits per heavy atom. The van der Waals surface area contributed by atoms with Crippen LogP contribution in [-0.2, 0) is 10.2 Å². The van der Waals surface area contributed by atoms with E-state index in [0.717, 1.165) is 19.3 Å². The zero-order chi connectivity index (χ0) is 8.11. The van der Waals surface area contributed by atoms with Gasteiger partial charge in [0, 0.05) is 0 Å². The van der Waals surface area contributed by atoms with E-state index in [1.807, 2.05) is 0 Å². The van der Waals surface area contributed by atoms with Crippen molar-refractivity contribution in [1.82, 2.24) is 0 Å². The van der Waals surface area contributed by atoms with Crippen molar-refractivity contribution in [1.29, 1.82) is 0 Å². The van der Waals surface area contributed by atoms with Gasteiger partial charge >= 0.3 is 10.2 Å². The van der Waals surface area contributed by atoms with E-state index in [9.17, 15) is 12.3 Å². The third-order valence-electron chi connectivity index (χ3n) is 3.06. The van der Waals surface area contributed by atoms with Crippen LogP contribution < -0.4 is 0 Å². The topological polar surface area (TPSA) is 34.1 Å². The van der Waals surface area contributed by atoms with Crippen LogP contribution in [0.4, 0.5) is 3.89 Å². The first-order valence-electron chi connectivity index (χ1n) is 4.00. The molecule has 0 radical (unpaired) electrons. The van der Waals surface area contributed by atoms with Crippen LogP contribution in [0, 0.1) is 5.92 Å². The largest absolute Gasteiger partial charge is 0.308 e. The Bertz CT molecular complexity index is 272. The quantitative estimate of drug-likeness (QED) is 0.572. The van der Waals surface area contributed by atoms with Gasteiger partial charge in [-0.2, -0.15) is 8.42 Å². The second-order valence-electron chi connectivity index (χ2n) is 3.65. The number of rotatable bonds is 1. The first kappa shape index (κ1) is 7.53. The van der Waals surface area contributed by atoms with Crippen molar-refractivity contribution >= 4 is 10.2 Å². The molecule has 0 aromatic heterocycles. The van der Waals surface area contributed by atoms with Gasteiger partial charge in [0.15, 0.2) is 0 Å². The van der Waals surface area contributed by atoms with E-state index < -0.39 is 15.0 Å². The van der Waals surface area contributed by atoms with Gasteiger partial charge in [-0.25, -0.2) is 0 Å². The summed E-state index contributed by atoms with van der Waals surface area (Å²) in [5, 5.41) is 0. The normalized spacial score (nSPS) is 43.2. The van der Waals surface area contributed by atoms with E-state index in [-0.39, 0.29) is 5.92 Å². The van der Waals surface area contributed by atoms with E-state index in [2.05, 4.69) is 0 Å². The molecule has 64 valence electrons. The third kappa shape index (κ3) is 0.916.